The molecule has 2 unspecified atom stereocenters. The zero-order chi connectivity index (χ0) is 22.8. The number of hydrogen-bond acceptors (Lipinski definition) is 7. The second kappa shape index (κ2) is 12.4. The second-order valence-electron chi connectivity index (χ2n) is 5.73. The molecular formula is C14H20F6O7S2. The maximum Gasteiger partial charge on any atom is 0.308 e. The molecule has 0 N–H and O–H groups in total. The molecule has 0 saturated carbocycles. The standard InChI is InChI=1S/C14H20F6O7S2/c1-9(25-3-5-28(19,21)22)7-11(13(15)16)27-12(14(17)18)8-10(2)26-4-6-29(20,23)24/h9-10H,3-8H2,1-2H3. The first-order valence-corrected chi connectivity index (χ1v) is 11.0. The topological polar surface area (TPSA) is 96.0 Å². The van der Waals surface area contributed by atoms with E-state index in [4.69, 9.17) is 9.47 Å². The normalized spacial score (nSPS) is 14.2. The monoisotopic (exact) mass is 478 g/mol. The van der Waals surface area contributed by atoms with E-state index >= 15 is 0 Å². The molecule has 0 aliphatic rings. The Morgan fingerprint density at radius 1 is 0.724 bits per heavy atom. The molecule has 0 aromatic carbocycles. The van der Waals surface area contributed by atoms with Crippen molar-refractivity contribution in [3.63, 3.8) is 0 Å². The zero-order valence-electron chi connectivity index (χ0n) is 15.3. The molecule has 0 radical (unpaired) electrons. The summed E-state index contributed by atoms with van der Waals surface area (Å²) in [6.45, 7) is 1.11. The summed E-state index contributed by atoms with van der Waals surface area (Å²) in [5.74, 6) is -4.41. The molecule has 0 fully saturated rings. The van der Waals surface area contributed by atoms with Gasteiger partial charge < -0.3 is 14.2 Å². The van der Waals surface area contributed by atoms with Crippen LogP contribution in [0, 0.1) is 0 Å². The van der Waals surface area contributed by atoms with Crippen LogP contribution in [0.1, 0.15) is 26.7 Å². The molecule has 0 amide bonds. The first-order valence-electron chi connectivity index (χ1n) is 7.94. The molecule has 0 aromatic heterocycles. The van der Waals surface area contributed by atoms with Crippen LogP contribution < -0.4 is 0 Å². The number of rotatable bonds is 14. The Balaban J connectivity index is 4.87. The molecule has 0 aliphatic carbocycles. The van der Waals surface area contributed by atoms with Gasteiger partial charge in [0.05, 0.1) is 25.4 Å². The minimum absolute atomic E-state index is 0.649. The van der Waals surface area contributed by atoms with E-state index in [-0.39, 0.29) is 0 Å². The third kappa shape index (κ3) is 15.2. The Kier molecular flexibility index (Phi) is 11.8. The Morgan fingerprint density at radius 3 is 1.28 bits per heavy atom. The number of hydrogen-bond donors (Lipinski definition) is 0. The summed E-state index contributed by atoms with van der Waals surface area (Å²) in [6, 6.07) is 0. The predicted octanol–water partition coefficient (Wildman–Crippen LogP) is 3.41. The Morgan fingerprint density at radius 2 is 1.03 bits per heavy atom. The van der Waals surface area contributed by atoms with Gasteiger partial charge in [0.25, 0.3) is 0 Å². The van der Waals surface area contributed by atoms with Crippen molar-refractivity contribution in [1.29, 1.82) is 0 Å². The molecule has 0 heterocycles. The molecular weight excluding hydrogens is 458 g/mol. The summed E-state index contributed by atoms with van der Waals surface area (Å²) < 4.78 is 132. The fraction of sp³-hybridized carbons (Fsp3) is 0.714. The van der Waals surface area contributed by atoms with Crippen LogP contribution in [0.25, 0.3) is 0 Å². The van der Waals surface area contributed by atoms with Gasteiger partial charge in [-0.1, -0.05) is 0 Å². The second-order valence-corrected chi connectivity index (χ2v) is 8.70. The highest BCUT2D eigenvalue weighted by Crippen LogP contribution is 2.26. The minimum Gasteiger partial charge on any atom is -0.455 e. The zero-order valence-corrected chi connectivity index (χ0v) is 17.0. The van der Waals surface area contributed by atoms with Crippen LogP contribution in [0.2, 0.25) is 0 Å². The molecule has 172 valence electrons. The fourth-order valence-electron chi connectivity index (χ4n) is 1.80. The van der Waals surface area contributed by atoms with E-state index in [9.17, 15) is 42.2 Å². The van der Waals surface area contributed by atoms with Crippen molar-refractivity contribution in [2.75, 3.05) is 24.7 Å². The minimum atomic E-state index is -4.82. The molecule has 29 heavy (non-hydrogen) atoms. The highest BCUT2D eigenvalue weighted by Gasteiger charge is 2.21. The van der Waals surface area contributed by atoms with E-state index in [2.05, 4.69) is 4.74 Å². The number of halogens is 6. The molecule has 0 bridgehead atoms. The van der Waals surface area contributed by atoms with Crippen molar-refractivity contribution in [3.8, 4) is 0 Å². The fourth-order valence-corrected chi connectivity index (χ4v) is 2.39. The molecule has 0 saturated heterocycles. The van der Waals surface area contributed by atoms with Gasteiger partial charge in [0.1, 0.15) is 11.5 Å². The van der Waals surface area contributed by atoms with E-state index in [0.29, 0.717) is 0 Å². The summed E-state index contributed by atoms with van der Waals surface area (Å²) in [5, 5.41) is 0. The lowest BCUT2D eigenvalue weighted by Gasteiger charge is -2.18. The lowest BCUT2D eigenvalue weighted by Crippen LogP contribution is -2.18. The third-order valence-corrected chi connectivity index (χ3v) is 4.38. The van der Waals surface area contributed by atoms with Crippen LogP contribution in [-0.2, 0) is 34.7 Å². The van der Waals surface area contributed by atoms with Gasteiger partial charge in [-0.2, -0.15) is 34.4 Å². The molecule has 0 aromatic rings. The molecule has 0 spiro atoms. The maximum absolute atomic E-state index is 13.0. The summed E-state index contributed by atoms with van der Waals surface area (Å²) in [7, 11) is -9.65. The molecule has 2 atom stereocenters. The Hall–Kier alpha value is -1.32. The van der Waals surface area contributed by atoms with Crippen molar-refractivity contribution in [1.82, 2.24) is 0 Å². The van der Waals surface area contributed by atoms with Crippen LogP contribution >= 0.6 is 0 Å². The van der Waals surface area contributed by atoms with Crippen LogP contribution in [0.3, 0.4) is 0 Å². The quantitative estimate of drug-likeness (QED) is 0.215. The summed E-state index contributed by atoms with van der Waals surface area (Å²) in [6.07, 6.45) is -8.62. The highest BCUT2D eigenvalue weighted by atomic mass is 32.3. The van der Waals surface area contributed by atoms with E-state index in [1.54, 1.807) is 0 Å². The van der Waals surface area contributed by atoms with E-state index in [1.807, 2.05) is 0 Å². The van der Waals surface area contributed by atoms with Crippen LogP contribution in [-0.4, -0.2) is 53.8 Å². The SMILES string of the molecule is CC(CC(OC(CC(C)OCCS(=O)(=O)F)=C(F)F)=C(F)F)OCCS(=O)(=O)F. The maximum atomic E-state index is 13.0. The average Bonchev–Trinajstić information content (AvgIpc) is 2.50. The van der Waals surface area contributed by atoms with Gasteiger partial charge in [-0.3, -0.25) is 0 Å². The smallest absolute Gasteiger partial charge is 0.308 e. The van der Waals surface area contributed by atoms with Crippen molar-refractivity contribution in [3.05, 3.63) is 23.7 Å². The Labute approximate surface area is 164 Å². The lowest BCUT2D eigenvalue weighted by atomic mass is 10.2. The molecule has 7 nitrogen and oxygen atoms in total. The van der Waals surface area contributed by atoms with Gasteiger partial charge in [0.2, 0.25) is 0 Å². The highest BCUT2D eigenvalue weighted by molar-refractivity contribution is 7.86. The van der Waals surface area contributed by atoms with Gasteiger partial charge in [0, 0.05) is 12.8 Å². The Bertz CT molecular complexity index is 721. The van der Waals surface area contributed by atoms with Crippen molar-refractivity contribution < 1.29 is 56.4 Å². The van der Waals surface area contributed by atoms with Gasteiger partial charge in [0.15, 0.2) is 11.5 Å². The first-order chi connectivity index (χ1) is 13.1. The van der Waals surface area contributed by atoms with Crippen LogP contribution in [0.5, 0.6) is 0 Å². The largest absolute Gasteiger partial charge is 0.455 e. The van der Waals surface area contributed by atoms with Crippen molar-refractivity contribution in [2.24, 2.45) is 0 Å². The van der Waals surface area contributed by atoms with Crippen LogP contribution in [0.4, 0.5) is 25.3 Å². The van der Waals surface area contributed by atoms with Crippen molar-refractivity contribution in [2.45, 2.75) is 38.9 Å². The summed E-state index contributed by atoms with van der Waals surface area (Å²) in [4.78, 5) is 0. The van der Waals surface area contributed by atoms with Gasteiger partial charge in [-0.05, 0) is 13.8 Å². The van der Waals surface area contributed by atoms with E-state index < -0.39 is 93.9 Å². The van der Waals surface area contributed by atoms with E-state index in [0.717, 1.165) is 0 Å². The third-order valence-electron chi connectivity index (χ3n) is 3.07. The van der Waals surface area contributed by atoms with Crippen LogP contribution in [0.15, 0.2) is 23.7 Å². The van der Waals surface area contributed by atoms with Crippen molar-refractivity contribution >= 4 is 20.4 Å². The van der Waals surface area contributed by atoms with Gasteiger partial charge in [-0.15, -0.1) is 7.77 Å². The summed E-state index contributed by atoms with van der Waals surface area (Å²) >= 11 is 0. The lowest BCUT2D eigenvalue weighted by molar-refractivity contribution is 0.0503. The molecule has 0 rings (SSSR count). The average molecular weight is 478 g/mol. The first kappa shape index (κ1) is 27.7. The molecule has 0 aliphatic heterocycles. The summed E-state index contributed by atoms with van der Waals surface area (Å²) in [5.41, 5.74) is 0. The molecule has 15 heteroatoms. The van der Waals surface area contributed by atoms with E-state index in [1.165, 1.54) is 13.8 Å². The number of ether oxygens (including phenoxy) is 3. The van der Waals surface area contributed by atoms with Gasteiger partial charge >= 0.3 is 32.6 Å². The predicted molar refractivity (Wildman–Crippen MR) is 89.4 cm³/mol. The van der Waals surface area contributed by atoms with Gasteiger partial charge in [-0.25, -0.2) is 0 Å².